The average molecular weight is 366 g/mol. The molecule has 1 aliphatic heterocycles. The van der Waals surface area contributed by atoms with E-state index in [1.807, 2.05) is 29.2 Å². The standard InChI is InChI=1S/C20H19FN4O2/c21-16-5-7-18(8-6-16)27-19-3-1-2-15(12-19)4-9-20(26)24-13-17(14-24)25-22-10-11-23-25/h1-3,5-8,10-12,17H,4,9,13-14H2. The van der Waals surface area contributed by atoms with Crippen molar-refractivity contribution in [3.8, 4) is 11.5 Å². The van der Waals surface area contributed by atoms with Crippen molar-refractivity contribution in [3.63, 3.8) is 0 Å². The lowest BCUT2D eigenvalue weighted by molar-refractivity contribution is -0.137. The summed E-state index contributed by atoms with van der Waals surface area (Å²) in [5.74, 6) is 1.07. The minimum Gasteiger partial charge on any atom is -0.457 e. The smallest absolute Gasteiger partial charge is 0.223 e. The van der Waals surface area contributed by atoms with Gasteiger partial charge in [-0.05, 0) is 48.4 Å². The largest absolute Gasteiger partial charge is 0.457 e. The molecule has 27 heavy (non-hydrogen) atoms. The van der Waals surface area contributed by atoms with Crippen LogP contribution < -0.4 is 4.74 Å². The fraction of sp³-hybridized carbons (Fsp3) is 0.250. The lowest BCUT2D eigenvalue weighted by Crippen LogP contribution is -2.51. The number of amides is 1. The van der Waals surface area contributed by atoms with Gasteiger partial charge in [0.25, 0.3) is 0 Å². The van der Waals surface area contributed by atoms with Gasteiger partial charge in [-0.3, -0.25) is 4.79 Å². The first-order valence-corrected chi connectivity index (χ1v) is 8.83. The van der Waals surface area contributed by atoms with Crippen LogP contribution in [0.4, 0.5) is 4.39 Å². The van der Waals surface area contributed by atoms with Crippen molar-refractivity contribution in [2.45, 2.75) is 18.9 Å². The van der Waals surface area contributed by atoms with Gasteiger partial charge in [0.1, 0.15) is 23.4 Å². The van der Waals surface area contributed by atoms with E-state index in [0.717, 1.165) is 5.56 Å². The number of ether oxygens (including phenoxy) is 1. The van der Waals surface area contributed by atoms with Crippen molar-refractivity contribution in [1.29, 1.82) is 0 Å². The fourth-order valence-corrected chi connectivity index (χ4v) is 3.03. The molecule has 0 atom stereocenters. The van der Waals surface area contributed by atoms with E-state index in [1.165, 1.54) is 12.1 Å². The Balaban J connectivity index is 1.28. The van der Waals surface area contributed by atoms with Gasteiger partial charge in [0.05, 0.1) is 12.4 Å². The highest BCUT2D eigenvalue weighted by Crippen LogP contribution is 2.24. The molecule has 0 bridgehead atoms. The molecule has 1 saturated heterocycles. The van der Waals surface area contributed by atoms with E-state index in [1.54, 1.807) is 29.3 Å². The van der Waals surface area contributed by atoms with Crippen LogP contribution in [-0.4, -0.2) is 38.9 Å². The van der Waals surface area contributed by atoms with E-state index >= 15 is 0 Å². The normalized spacial score (nSPS) is 14.0. The van der Waals surface area contributed by atoms with Gasteiger partial charge in [-0.15, -0.1) is 0 Å². The van der Waals surface area contributed by atoms with Crippen LogP contribution in [0.3, 0.4) is 0 Å². The maximum atomic E-state index is 13.0. The Morgan fingerprint density at radius 1 is 1.07 bits per heavy atom. The van der Waals surface area contributed by atoms with Crippen LogP contribution in [0.2, 0.25) is 0 Å². The van der Waals surface area contributed by atoms with E-state index in [0.29, 0.717) is 37.4 Å². The maximum Gasteiger partial charge on any atom is 0.223 e. The predicted octanol–water partition coefficient (Wildman–Crippen LogP) is 3.23. The summed E-state index contributed by atoms with van der Waals surface area (Å²) in [7, 11) is 0. The van der Waals surface area contributed by atoms with Crippen molar-refractivity contribution in [2.75, 3.05) is 13.1 Å². The SMILES string of the molecule is O=C(CCc1cccc(Oc2ccc(F)cc2)c1)N1CC(n2nccn2)C1. The molecular formula is C20H19FN4O2. The zero-order valence-electron chi connectivity index (χ0n) is 14.7. The minimum atomic E-state index is -0.300. The van der Waals surface area contributed by atoms with Crippen LogP contribution in [0.5, 0.6) is 11.5 Å². The van der Waals surface area contributed by atoms with Gasteiger partial charge >= 0.3 is 0 Å². The summed E-state index contributed by atoms with van der Waals surface area (Å²) >= 11 is 0. The molecule has 0 N–H and O–H groups in total. The number of nitrogens with zero attached hydrogens (tertiary/aromatic N) is 4. The Hall–Kier alpha value is -3.22. The molecule has 1 aromatic heterocycles. The summed E-state index contributed by atoms with van der Waals surface area (Å²) in [5.41, 5.74) is 1.02. The second kappa shape index (κ2) is 7.57. The Kier molecular flexibility index (Phi) is 4.82. The number of carbonyl (C=O) groups is 1. The number of aryl methyl sites for hydroxylation is 1. The van der Waals surface area contributed by atoms with Gasteiger partial charge in [0.15, 0.2) is 0 Å². The zero-order valence-corrected chi connectivity index (χ0v) is 14.7. The third-order valence-corrected chi connectivity index (χ3v) is 4.55. The molecule has 2 heterocycles. The second-order valence-electron chi connectivity index (χ2n) is 6.51. The minimum absolute atomic E-state index is 0.128. The van der Waals surface area contributed by atoms with Crippen molar-refractivity contribution < 1.29 is 13.9 Å². The Bertz CT molecular complexity index is 906. The number of benzene rings is 2. The third-order valence-electron chi connectivity index (χ3n) is 4.55. The molecule has 138 valence electrons. The molecule has 1 fully saturated rings. The highest BCUT2D eigenvalue weighted by molar-refractivity contribution is 5.77. The van der Waals surface area contributed by atoms with Gasteiger partial charge in [0, 0.05) is 19.5 Å². The molecule has 0 unspecified atom stereocenters. The maximum absolute atomic E-state index is 13.0. The summed E-state index contributed by atoms with van der Waals surface area (Å²) in [5, 5.41) is 8.21. The van der Waals surface area contributed by atoms with Crippen LogP contribution in [0.1, 0.15) is 18.0 Å². The van der Waals surface area contributed by atoms with Gasteiger partial charge < -0.3 is 9.64 Å². The predicted molar refractivity (Wildman–Crippen MR) is 96.9 cm³/mol. The number of likely N-dealkylation sites (tertiary alicyclic amines) is 1. The van der Waals surface area contributed by atoms with Crippen LogP contribution >= 0.6 is 0 Å². The monoisotopic (exact) mass is 366 g/mol. The van der Waals surface area contributed by atoms with Crippen LogP contribution in [0, 0.1) is 5.82 Å². The summed E-state index contributed by atoms with van der Waals surface area (Å²) in [6.45, 7) is 1.31. The van der Waals surface area contributed by atoms with Crippen molar-refractivity contribution >= 4 is 5.91 Å². The third kappa shape index (κ3) is 4.13. The van der Waals surface area contributed by atoms with E-state index in [4.69, 9.17) is 4.74 Å². The molecule has 2 aromatic carbocycles. The van der Waals surface area contributed by atoms with Crippen molar-refractivity contribution in [1.82, 2.24) is 19.9 Å². The highest BCUT2D eigenvalue weighted by Gasteiger charge is 2.32. The average Bonchev–Trinajstić information content (AvgIpc) is 3.15. The number of halogens is 1. The topological polar surface area (TPSA) is 60.2 Å². The Labute approximate surface area is 156 Å². The molecule has 0 spiro atoms. The van der Waals surface area contributed by atoms with Crippen LogP contribution in [0.15, 0.2) is 60.9 Å². The first kappa shape index (κ1) is 17.2. The molecule has 1 aliphatic rings. The van der Waals surface area contributed by atoms with Gasteiger partial charge in [0.2, 0.25) is 5.91 Å². The summed E-state index contributed by atoms with van der Waals surface area (Å²) in [6, 6.07) is 13.7. The van der Waals surface area contributed by atoms with Crippen LogP contribution in [0.25, 0.3) is 0 Å². The quantitative estimate of drug-likeness (QED) is 0.672. The van der Waals surface area contributed by atoms with Crippen LogP contribution in [-0.2, 0) is 11.2 Å². The molecular weight excluding hydrogens is 347 g/mol. The lowest BCUT2D eigenvalue weighted by Gasteiger charge is -2.38. The zero-order chi connectivity index (χ0) is 18.6. The van der Waals surface area contributed by atoms with E-state index in [9.17, 15) is 9.18 Å². The number of hydrogen-bond acceptors (Lipinski definition) is 4. The first-order chi connectivity index (χ1) is 13.2. The van der Waals surface area contributed by atoms with Gasteiger partial charge in [-0.2, -0.15) is 15.0 Å². The number of aromatic nitrogens is 3. The Morgan fingerprint density at radius 3 is 2.56 bits per heavy atom. The molecule has 0 saturated carbocycles. The van der Waals surface area contributed by atoms with Gasteiger partial charge in [-0.1, -0.05) is 12.1 Å². The summed E-state index contributed by atoms with van der Waals surface area (Å²) in [4.78, 5) is 15.8. The summed E-state index contributed by atoms with van der Waals surface area (Å²) < 4.78 is 18.7. The van der Waals surface area contributed by atoms with Gasteiger partial charge in [-0.25, -0.2) is 4.39 Å². The molecule has 1 amide bonds. The molecule has 4 rings (SSSR count). The molecule has 7 heteroatoms. The fourth-order valence-electron chi connectivity index (χ4n) is 3.03. The van der Waals surface area contributed by atoms with Crippen molar-refractivity contribution in [2.24, 2.45) is 0 Å². The molecule has 0 aliphatic carbocycles. The number of carbonyl (C=O) groups excluding carboxylic acids is 1. The van der Waals surface area contributed by atoms with Crippen molar-refractivity contribution in [3.05, 3.63) is 72.3 Å². The molecule has 6 nitrogen and oxygen atoms in total. The lowest BCUT2D eigenvalue weighted by atomic mass is 10.1. The molecule has 0 radical (unpaired) electrons. The van der Waals surface area contributed by atoms with E-state index < -0.39 is 0 Å². The first-order valence-electron chi connectivity index (χ1n) is 8.83. The summed E-state index contributed by atoms with van der Waals surface area (Å²) in [6.07, 6.45) is 4.37. The molecule has 3 aromatic rings. The number of hydrogen-bond donors (Lipinski definition) is 0. The second-order valence-corrected chi connectivity index (χ2v) is 6.51. The number of rotatable bonds is 6. The highest BCUT2D eigenvalue weighted by atomic mass is 19.1. The van der Waals surface area contributed by atoms with E-state index in [2.05, 4.69) is 10.2 Å². The Morgan fingerprint density at radius 2 is 1.81 bits per heavy atom. The van der Waals surface area contributed by atoms with E-state index in [-0.39, 0.29) is 17.8 Å².